The summed E-state index contributed by atoms with van der Waals surface area (Å²) in [7, 11) is 1.52. The van der Waals surface area contributed by atoms with Crippen LogP contribution in [0.25, 0.3) is 23.1 Å². The quantitative estimate of drug-likeness (QED) is 0.575. The fourth-order valence-electron chi connectivity index (χ4n) is 2.45. The van der Waals surface area contributed by atoms with Crippen LogP contribution in [0, 0.1) is 0 Å². The molecule has 0 saturated heterocycles. The van der Waals surface area contributed by atoms with Crippen LogP contribution >= 0.6 is 0 Å². The van der Waals surface area contributed by atoms with E-state index in [4.69, 9.17) is 9.47 Å². The van der Waals surface area contributed by atoms with Gasteiger partial charge in [0.25, 0.3) is 0 Å². The summed E-state index contributed by atoms with van der Waals surface area (Å²) < 4.78 is 10.3. The highest BCUT2D eigenvalue weighted by Crippen LogP contribution is 2.29. The van der Waals surface area contributed by atoms with Crippen LogP contribution in [-0.2, 0) is 4.79 Å². The van der Waals surface area contributed by atoms with Crippen LogP contribution in [0.2, 0.25) is 0 Å². The summed E-state index contributed by atoms with van der Waals surface area (Å²) in [4.78, 5) is 15.5. The molecular formula is C20H17NO4. The topological polar surface area (TPSA) is 68.7 Å². The minimum Gasteiger partial charge on any atom is -0.506 e. The Balaban J connectivity index is 1.89. The number of phenols is 1. The maximum Gasteiger partial charge on any atom is 0.308 e. The van der Waals surface area contributed by atoms with Crippen molar-refractivity contribution in [3.05, 3.63) is 59.8 Å². The number of esters is 1. The number of rotatable bonds is 4. The van der Waals surface area contributed by atoms with Crippen LogP contribution < -0.4 is 9.47 Å². The summed E-state index contributed by atoms with van der Waals surface area (Å²) in [5, 5.41) is 10.8. The molecule has 3 rings (SSSR count). The maximum atomic E-state index is 11.1. The number of methoxy groups -OCH3 is 1. The van der Waals surface area contributed by atoms with Gasteiger partial charge < -0.3 is 14.6 Å². The van der Waals surface area contributed by atoms with Gasteiger partial charge >= 0.3 is 5.97 Å². The van der Waals surface area contributed by atoms with Crippen molar-refractivity contribution in [2.75, 3.05) is 7.11 Å². The number of pyridine rings is 1. The number of fused-ring (bicyclic) bond motifs is 1. The lowest BCUT2D eigenvalue weighted by Crippen LogP contribution is -2.02. The van der Waals surface area contributed by atoms with Gasteiger partial charge in [-0.1, -0.05) is 30.3 Å². The van der Waals surface area contributed by atoms with Gasteiger partial charge in [0.05, 0.1) is 12.8 Å². The molecule has 2 aromatic carbocycles. The SMILES string of the molecule is COc1cc(/C=C/c2ccc3cccc(O)c3n2)ccc1OC(C)=O. The number of carbonyl (C=O) groups is 1. The van der Waals surface area contributed by atoms with E-state index >= 15 is 0 Å². The lowest BCUT2D eigenvalue weighted by molar-refractivity contribution is -0.132. The van der Waals surface area contributed by atoms with Gasteiger partial charge in [-0.15, -0.1) is 0 Å². The Kier molecular flexibility index (Phi) is 4.66. The second kappa shape index (κ2) is 7.05. The monoisotopic (exact) mass is 335 g/mol. The molecule has 1 heterocycles. The average Bonchev–Trinajstić information content (AvgIpc) is 2.61. The minimum absolute atomic E-state index is 0.153. The van der Waals surface area contributed by atoms with Crippen molar-refractivity contribution in [2.24, 2.45) is 0 Å². The molecule has 0 radical (unpaired) electrons. The van der Waals surface area contributed by atoms with E-state index in [9.17, 15) is 9.90 Å². The van der Waals surface area contributed by atoms with Gasteiger partial charge in [-0.25, -0.2) is 4.98 Å². The van der Waals surface area contributed by atoms with Gasteiger partial charge in [-0.3, -0.25) is 4.79 Å². The first-order valence-corrected chi connectivity index (χ1v) is 7.70. The lowest BCUT2D eigenvalue weighted by atomic mass is 10.1. The van der Waals surface area contributed by atoms with Crippen molar-refractivity contribution in [3.8, 4) is 17.2 Å². The Morgan fingerprint density at radius 1 is 1.08 bits per heavy atom. The molecule has 0 spiro atoms. The van der Waals surface area contributed by atoms with Crippen LogP contribution in [0.1, 0.15) is 18.2 Å². The smallest absolute Gasteiger partial charge is 0.308 e. The first-order chi connectivity index (χ1) is 12.1. The zero-order chi connectivity index (χ0) is 17.8. The Hall–Kier alpha value is -3.34. The molecule has 126 valence electrons. The van der Waals surface area contributed by atoms with Crippen molar-refractivity contribution in [2.45, 2.75) is 6.92 Å². The van der Waals surface area contributed by atoms with Crippen molar-refractivity contribution in [3.63, 3.8) is 0 Å². The number of benzene rings is 2. The molecule has 0 amide bonds. The summed E-state index contributed by atoms with van der Waals surface area (Å²) in [6.07, 6.45) is 3.71. The number of carbonyl (C=O) groups excluding carboxylic acids is 1. The molecule has 1 aromatic heterocycles. The second-order valence-corrected chi connectivity index (χ2v) is 5.42. The summed E-state index contributed by atoms with van der Waals surface area (Å²) in [5.41, 5.74) is 2.15. The fraction of sp³-hybridized carbons (Fsp3) is 0.100. The highest BCUT2D eigenvalue weighted by molar-refractivity contribution is 5.85. The number of nitrogens with zero attached hydrogens (tertiary/aromatic N) is 1. The zero-order valence-corrected chi connectivity index (χ0v) is 13.9. The Bertz CT molecular complexity index is 963. The largest absolute Gasteiger partial charge is 0.506 e. The fourth-order valence-corrected chi connectivity index (χ4v) is 2.45. The summed E-state index contributed by atoms with van der Waals surface area (Å²) in [5.74, 6) is 0.601. The van der Waals surface area contributed by atoms with Crippen molar-refractivity contribution >= 4 is 29.0 Å². The molecule has 0 aliphatic heterocycles. The zero-order valence-electron chi connectivity index (χ0n) is 13.9. The maximum absolute atomic E-state index is 11.1. The number of hydrogen-bond acceptors (Lipinski definition) is 5. The number of aromatic hydroxyl groups is 1. The average molecular weight is 335 g/mol. The van der Waals surface area contributed by atoms with Crippen LogP contribution in [0.15, 0.2) is 48.5 Å². The third-order valence-corrected chi connectivity index (χ3v) is 3.61. The normalized spacial score (nSPS) is 11.0. The Morgan fingerprint density at radius 3 is 2.68 bits per heavy atom. The minimum atomic E-state index is -0.401. The molecule has 0 unspecified atom stereocenters. The van der Waals surface area contributed by atoms with Crippen molar-refractivity contribution in [1.29, 1.82) is 0 Å². The van der Waals surface area contributed by atoms with Crippen LogP contribution in [-0.4, -0.2) is 23.2 Å². The molecule has 0 aliphatic rings. The summed E-state index contributed by atoms with van der Waals surface area (Å²) in [6, 6.07) is 14.3. The molecule has 5 heteroatoms. The van der Waals surface area contributed by atoms with Crippen molar-refractivity contribution < 1.29 is 19.4 Å². The number of phenolic OH excluding ortho intramolecular Hbond substituents is 1. The molecule has 1 N–H and O–H groups in total. The van der Waals surface area contributed by atoms with E-state index < -0.39 is 5.97 Å². The van der Waals surface area contributed by atoms with Gasteiger partial charge in [0, 0.05) is 12.3 Å². The van der Waals surface area contributed by atoms with Gasteiger partial charge in [0.1, 0.15) is 11.3 Å². The molecule has 0 bridgehead atoms. The van der Waals surface area contributed by atoms with Gasteiger partial charge in [0.2, 0.25) is 0 Å². The molecule has 0 aliphatic carbocycles. The summed E-state index contributed by atoms with van der Waals surface area (Å²) >= 11 is 0. The number of ether oxygens (including phenoxy) is 2. The third-order valence-electron chi connectivity index (χ3n) is 3.61. The number of aromatic nitrogens is 1. The molecule has 0 fully saturated rings. The predicted molar refractivity (Wildman–Crippen MR) is 96.6 cm³/mol. The standard InChI is InChI=1S/C20H17NO4/c1-13(22)25-18-11-7-14(12-19(18)24-2)6-9-16-10-8-15-4-3-5-17(23)20(15)21-16/h3-12,23H,1-2H3/b9-6+. The highest BCUT2D eigenvalue weighted by Gasteiger charge is 2.07. The lowest BCUT2D eigenvalue weighted by Gasteiger charge is -2.08. The Morgan fingerprint density at radius 2 is 1.92 bits per heavy atom. The Labute approximate surface area is 145 Å². The first-order valence-electron chi connectivity index (χ1n) is 7.70. The van der Waals surface area contributed by atoms with E-state index in [0.717, 1.165) is 16.6 Å². The first kappa shape index (κ1) is 16.5. The van der Waals surface area contributed by atoms with E-state index in [-0.39, 0.29) is 5.75 Å². The highest BCUT2D eigenvalue weighted by atomic mass is 16.6. The van der Waals surface area contributed by atoms with Crippen LogP contribution in [0.4, 0.5) is 0 Å². The molecule has 0 saturated carbocycles. The van der Waals surface area contributed by atoms with E-state index in [2.05, 4.69) is 4.98 Å². The van der Waals surface area contributed by atoms with Gasteiger partial charge in [-0.05, 0) is 35.9 Å². The molecule has 0 atom stereocenters. The van der Waals surface area contributed by atoms with Crippen LogP contribution in [0.5, 0.6) is 17.2 Å². The van der Waals surface area contributed by atoms with E-state index in [1.165, 1.54) is 14.0 Å². The van der Waals surface area contributed by atoms with Crippen LogP contribution in [0.3, 0.4) is 0 Å². The van der Waals surface area contributed by atoms with E-state index in [0.29, 0.717) is 17.0 Å². The number of para-hydroxylation sites is 1. The molecule has 5 nitrogen and oxygen atoms in total. The third kappa shape index (κ3) is 3.77. The van der Waals surface area contributed by atoms with Gasteiger partial charge in [-0.2, -0.15) is 0 Å². The molecule has 3 aromatic rings. The molecule has 25 heavy (non-hydrogen) atoms. The van der Waals surface area contributed by atoms with E-state index in [1.807, 2.05) is 36.4 Å². The summed E-state index contributed by atoms with van der Waals surface area (Å²) in [6.45, 7) is 1.34. The van der Waals surface area contributed by atoms with Gasteiger partial charge in [0.15, 0.2) is 11.5 Å². The number of hydrogen-bond donors (Lipinski definition) is 1. The predicted octanol–water partition coefficient (Wildman–Crippen LogP) is 4.04. The van der Waals surface area contributed by atoms with E-state index in [1.54, 1.807) is 24.3 Å². The molecular weight excluding hydrogens is 318 g/mol. The second-order valence-electron chi connectivity index (χ2n) is 5.42. The van der Waals surface area contributed by atoms with Crippen molar-refractivity contribution in [1.82, 2.24) is 4.98 Å².